The highest BCUT2D eigenvalue weighted by Gasteiger charge is 2.56. The van der Waals surface area contributed by atoms with Crippen molar-refractivity contribution in [2.24, 2.45) is 5.92 Å². The van der Waals surface area contributed by atoms with Crippen molar-refractivity contribution in [1.82, 2.24) is 9.97 Å². The van der Waals surface area contributed by atoms with E-state index in [-0.39, 0.29) is 35.1 Å². The molecule has 0 radical (unpaired) electrons. The Kier molecular flexibility index (Phi) is 5.11. The first-order valence-electron chi connectivity index (χ1n) is 8.28. The van der Waals surface area contributed by atoms with Crippen molar-refractivity contribution < 1.29 is 9.53 Å². The van der Waals surface area contributed by atoms with E-state index in [2.05, 4.69) is 37.9 Å². The molecule has 8 heteroatoms. The van der Waals surface area contributed by atoms with Gasteiger partial charge in [0, 0.05) is 21.7 Å². The number of nitrogens with zero attached hydrogens (tertiary/aromatic N) is 2. The summed E-state index contributed by atoms with van der Waals surface area (Å²) in [6, 6.07) is 5.63. The van der Waals surface area contributed by atoms with Crippen LogP contribution in [0.1, 0.15) is 23.6 Å². The van der Waals surface area contributed by atoms with E-state index in [9.17, 15) is 4.79 Å². The summed E-state index contributed by atoms with van der Waals surface area (Å²) in [6.45, 7) is 1.95. The van der Waals surface area contributed by atoms with Crippen LogP contribution in [-0.2, 0) is 9.53 Å². The summed E-state index contributed by atoms with van der Waals surface area (Å²) in [5.74, 6) is -0.337. The number of carbonyl (C=O) groups is 1. The van der Waals surface area contributed by atoms with Crippen LogP contribution in [0.25, 0.3) is 0 Å². The average Bonchev–Trinajstić information content (AvgIpc) is 3.15. The fourth-order valence-electron chi connectivity index (χ4n) is 3.89. The summed E-state index contributed by atoms with van der Waals surface area (Å²) in [6.07, 6.45) is 4.12. The molecule has 1 amide bonds. The molecular weight excluding hydrogens is 488 g/mol. The number of fused-ring (bicyclic) bond motifs is 2. The van der Waals surface area contributed by atoms with Crippen molar-refractivity contribution in [2.45, 2.75) is 35.4 Å². The number of alkyl halides is 1. The van der Waals surface area contributed by atoms with E-state index < -0.39 is 0 Å². The largest absolute Gasteiger partial charge is 0.372 e. The van der Waals surface area contributed by atoms with Gasteiger partial charge in [0.2, 0.25) is 5.91 Å². The molecule has 5 nitrogen and oxygen atoms in total. The zero-order valence-corrected chi connectivity index (χ0v) is 17.5. The van der Waals surface area contributed by atoms with Gasteiger partial charge in [-0.3, -0.25) is 9.78 Å². The maximum atomic E-state index is 13.1. The number of anilines is 1. The Balaban J connectivity index is 1.62. The smallest absolute Gasteiger partial charge is 0.230 e. The number of aryl methyl sites for hydroxylation is 1. The molecule has 2 aliphatic heterocycles. The summed E-state index contributed by atoms with van der Waals surface area (Å²) in [5, 5.41) is 3.44. The number of ether oxygens (including phenoxy) is 1. The highest BCUT2D eigenvalue weighted by atomic mass is 127. The Morgan fingerprint density at radius 1 is 1.35 bits per heavy atom. The minimum atomic E-state index is -0.262. The van der Waals surface area contributed by atoms with Gasteiger partial charge in [0.05, 0.1) is 35.0 Å². The number of carbonyl (C=O) groups excluding carboxylic acids is 1. The van der Waals surface area contributed by atoms with Crippen molar-refractivity contribution in [1.29, 1.82) is 0 Å². The number of hydrogen-bond acceptors (Lipinski definition) is 4. The van der Waals surface area contributed by atoms with Crippen molar-refractivity contribution in [3.8, 4) is 0 Å². The molecule has 5 atom stereocenters. The molecule has 4 heterocycles. The number of hydrogen-bond donors (Lipinski definition) is 1. The van der Waals surface area contributed by atoms with E-state index in [0.717, 1.165) is 17.7 Å². The van der Waals surface area contributed by atoms with Gasteiger partial charge < -0.3 is 10.1 Å². The van der Waals surface area contributed by atoms with Crippen LogP contribution in [0.5, 0.6) is 0 Å². The molecule has 1 N–H and O–H groups in total. The van der Waals surface area contributed by atoms with Gasteiger partial charge >= 0.3 is 0 Å². The lowest BCUT2D eigenvalue weighted by Gasteiger charge is -2.30. The summed E-state index contributed by atoms with van der Waals surface area (Å²) < 4.78 is 6.55. The molecule has 2 aromatic heterocycles. The van der Waals surface area contributed by atoms with Crippen LogP contribution in [0.4, 0.5) is 5.69 Å². The van der Waals surface area contributed by atoms with Gasteiger partial charge in [-0.15, -0.1) is 0 Å². The second kappa shape index (κ2) is 7.22. The summed E-state index contributed by atoms with van der Waals surface area (Å²) in [5.41, 5.74) is 2.56. The van der Waals surface area contributed by atoms with Gasteiger partial charge in [-0.2, -0.15) is 0 Å². The fourth-order valence-corrected chi connectivity index (χ4v) is 5.28. The second-order valence-corrected chi connectivity index (χ2v) is 9.02. The fraction of sp³-hybridized carbons (Fsp3) is 0.389. The Hall–Kier alpha value is -0.960. The molecule has 2 aliphatic rings. The standard InChI is InChI=1S/C18H16Cl2IN3O2/c1-8-4-9(2-3-22-8)14-15(13-6-12(21)16(14)26-13)18(25)24-10-5-11(19)17(20)23-7-10/h2-5,7,12-16H,6H2,1H3,(H,24,25)/t12-,13+,14+,15+,16-/m1/s1. The van der Waals surface area contributed by atoms with Crippen molar-refractivity contribution in [3.05, 3.63) is 52.0 Å². The van der Waals surface area contributed by atoms with Gasteiger partial charge in [0.1, 0.15) is 5.15 Å². The zero-order valence-electron chi connectivity index (χ0n) is 13.8. The van der Waals surface area contributed by atoms with Crippen LogP contribution in [0.3, 0.4) is 0 Å². The van der Waals surface area contributed by atoms with Gasteiger partial charge in [0.15, 0.2) is 0 Å². The number of amides is 1. The van der Waals surface area contributed by atoms with E-state index in [1.807, 2.05) is 19.1 Å². The average molecular weight is 504 g/mol. The zero-order chi connectivity index (χ0) is 18.4. The lowest BCUT2D eigenvalue weighted by Crippen LogP contribution is -2.39. The van der Waals surface area contributed by atoms with E-state index >= 15 is 0 Å². The Morgan fingerprint density at radius 2 is 2.15 bits per heavy atom. The minimum absolute atomic E-state index is 0.00748. The molecular formula is C18H16Cl2IN3O2. The van der Waals surface area contributed by atoms with E-state index in [1.54, 1.807) is 12.3 Å². The van der Waals surface area contributed by atoms with Gasteiger partial charge in [-0.1, -0.05) is 45.8 Å². The lowest BCUT2D eigenvalue weighted by molar-refractivity contribution is -0.121. The van der Waals surface area contributed by atoms with Crippen LogP contribution in [-0.4, -0.2) is 32.0 Å². The van der Waals surface area contributed by atoms with E-state index in [1.165, 1.54) is 6.20 Å². The van der Waals surface area contributed by atoms with Crippen molar-refractivity contribution >= 4 is 57.4 Å². The summed E-state index contributed by atoms with van der Waals surface area (Å²) in [4.78, 5) is 21.3. The third kappa shape index (κ3) is 3.32. The number of pyridine rings is 2. The molecule has 0 aliphatic carbocycles. The molecule has 0 spiro atoms. The van der Waals surface area contributed by atoms with Gasteiger partial charge in [0.25, 0.3) is 0 Å². The molecule has 0 unspecified atom stereocenters. The molecule has 4 rings (SSSR count). The van der Waals surface area contributed by atoms with E-state index in [4.69, 9.17) is 27.9 Å². The Morgan fingerprint density at radius 3 is 2.88 bits per heavy atom. The predicted molar refractivity (Wildman–Crippen MR) is 109 cm³/mol. The lowest BCUT2D eigenvalue weighted by atomic mass is 9.75. The number of aromatic nitrogens is 2. The molecule has 0 aromatic carbocycles. The Bertz CT molecular complexity index is 866. The maximum absolute atomic E-state index is 13.1. The highest BCUT2D eigenvalue weighted by Crippen LogP contribution is 2.51. The molecule has 26 heavy (non-hydrogen) atoms. The summed E-state index contributed by atoms with van der Waals surface area (Å²) >= 11 is 14.3. The molecule has 2 aromatic rings. The topological polar surface area (TPSA) is 64.1 Å². The maximum Gasteiger partial charge on any atom is 0.230 e. The van der Waals surface area contributed by atoms with E-state index in [0.29, 0.717) is 14.6 Å². The highest BCUT2D eigenvalue weighted by molar-refractivity contribution is 14.1. The second-order valence-electron chi connectivity index (χ2n) is 6.66. The van der Waals surface area contributed by atoms with Gasteiger partial charge in [-0.05, 0) is 37.1 Å². The molecule has 0 saturated carbocycles. The third-order valence-electron chi connectivity index (χ3n) is 4.96. The van der Waals surface area contributed by atoms with Crippen LogP contribution < -0.4 is 5.32 Å². The third-order valence-corrected chi connectivity index (χ3v) is 6.86. The quantitative estimate of drug-likeness (QED) is 0.383. The predicted octanol–water partition coefficient (Wildman–Crippen LogP) is 4.41. The SMILES string of the molecule is Cc1cc([C@@H]2[C@@H]3O[C@@H](C[C@H]3I)[C@@H]2C(=O)Nc2cnc(Cl)c(Cl)c2)ccn1. The first-order valence-corrected chi connectivity index (χ1v) is 10.3. The normalized spacial score (nSPS) is 29.8. The summed E-state index contributed by atoms with van der Waals surface area (Å²) in [7, 11) is 0. The monoisotopic (exact) mass is 503 g/mol. The number of nitrogens with one attached hydrogen (secondary N) is 1. The minimum Gasteiger partial charge on any atom is -0.372 e. The Labute approximate surface area is 175 Å². The number of halogens is 3. The van der Waals surface area contributed by atoms with Crippen molar-refractivity contribution in [2.75, 3.05) is 5.32 Å². The van der Waals surface area contributed by atoms with Gasteiger partial charge in [-0.25, -0.2) is 4.98 Å². The van der Waals surface area contributed by atoms with Crippen molar-refractivity contribution in [3.63, 3.8) is 0 Å². The number of rotatable bonds is 3. The van der Waals surface area contributed by atoms with Crippen LogP contribution in [0, 0.1) is 12.8 Å². The van der Waals surface area contributed by atoms with Crippen LogP contribution in [0.2, 0.25) is 10.2 Å². The van der Waals surface area contributed by atoms with Crippen LogP contribution >= 0.6 is 45.8 Å². The first-order chi connectivity index (χ1) is 12.4. The first kappa shape index (κ1) is 18.4. The molecule has 2 fully saturated rings. The van der Waals surface area contributed by atoms with Crippen LogP contribution in [0.15, 0.2) is 30.6 Å². The molecule has 2 bridgehead atoms. The molecule has 2 saturated heterocycles. The molecule has 136 valence electrons.